The lowest BCUT2D eigenvalue weighted by atomic mass is 9.82. The van der Waals surface area contributed by atoms with Crippen LogP contribution >= 0.6 is 0 Å². The molecule has 0 saturated heterocycles. The minimum atomic E-state index is -0.987. The molecule has 0 spiro atoms. The Morgan fingerprint density at radius 3 is 2.24 bits per heavy atom. The molecule has 4 heteroatoms. The van der Waals surface area contributed by atoms with Crippen LogP contribution in [0.25, 0.3) is 0 Å². The van der Waals surface area contributed by atoms with Crippen molar-refractivity contribution in [2.24, 2.45) is 10.8 Å². The highest BCUT2D eigenvalue weighted by Gasteiger charge is 2.35. The molecule has 17 heavy (non-hydrogen) atoms. The first-order valence-corrected chi connectivity index (χ1v) is 6.04. The molecule has 0 aromatic carbocycles. The smallest absolute Gasteiger partial charge is 0.240 e. The van der Waals surface area contributed by atoms with Crippen LogP contribution in [0.5, 0.6) is 0 Å². The van der Waals surface area contributed by atoms with E-state index in [1.165, 1.54) is 0 Å². The highest BCUT2D eigenvalue weighted by molar-refractivity contribution is 5.85. The van der Waals surface area contributed by atoms with Crippen molar-refractivity contribution in [1.29, 1.82) is 5.26 Å². The first-order valence-electron chi connectivity index (χ1n) is 6.04. The average Bonchev–Trinajstić information content (AvgIpc) is 2.26. The molecule has 0 aliphatic heterocycles. The van der Waals surface area contributed by atoms with Crippen molar-refractivity contribution in [2.75, 3.05) is 6.61 Å². The Hall–Kier alpha value is -1.08. The zero-order valence-electron chi connectivity index (χ0n) is 11.5. The molecule has 4 nitrogen and oxygen atoms in total. The Kier molecular flexibility index (Phi) is 5.63. The fraction of sp³-hybridized carbons (Fsp3) is 0.846. The first-order chi connectivity index (χ1) is 7.71. The van der Waals surface area contributed by atoms with E-state index in [0.717, 1.165) is 0 Å². The van der Waals surface area contributed by atoms with Crippen molar-refractivity contribution in [3.05, 3.63) is 0 Å². The van der Waals surface area contributed by atoms with Gasteiger partial charge in [-0.3, -0.25) is 4.79 Å². The average molecular weight is 240 g/mol. The van der Waals surface area contributed by atoms with Crippen LogP contribution in [0.2, 0.25) is 0 Å². The monoisotopic (exact) mass is 240 g/mol. The number of aliphatic hydroxyl groups is 1. The fourth-order valence-corrected chi connectivity index (χ4v) is 1.46. The second-order valence-electron chi connectivity index (χ2n) is 5.70. The summed E-state index contributed by atoms with van der Waals surface area (Å²) in [6, 6.07) is 1.93. The molecule has 98 valence electrons. The van der Waals surface area contributed by atoms with E-state index in [-0.39, 0.29) is 24.0 Å². The Morgan fingerprint density at radius 2 is 1.94 bits per heavy atom. The summed E-state index contributed by atoms with van der Waals surface area (Å²) in [5.41, 5.74) is -1.12. The number of amides is 1. The van der Waals surface area contributed by atoms with Crippen molar-refractivity contribution in [3.63, 3.8) is 0 Å². The molecular weight excluding hydrogens is 216 g/mol. The number of carbonyl (C=O) groups excluding carboxylic acids is 1. The lowest BCUT2D eigenvalue weighted by Crippen LogP contribution is -2.49. The number of rotatable bonds is 5. The van der Waals surface area contributed by atoms with Gasteiger partial charge < -0.3 is 10.4 Å². The predicted octanol–water partition coefficient (Wildman–Crippen LogP) is 1.84. The van der Waals surface area contributed by atoms with Crippen LogP contribution in [0.3, 0.4) is 0 Å². The number of nitriles is 1. The van der Waals surface area contributed by atoms with Crippen molar-refractivity contribution in [1.82, 2.24) is 5.32 Å². The maximum Gasteiger partial charge on any atom is 0.240 e. The Bertz CT molecular complexity index is 302. The number of nitrogens with zero attached hydrogens (tertiary/aromatic N) is 1. The van der Waals surface area contributed by atoms with Crippen LogP contribution in [-0.4, -0.2) is 23.7 Å². The van der Waals surface area contributed by atoms with Crippen molar-refractivity contribution >= 4 is 5.91 Å². The number of hydrogen-bond donors (Lipinski definition) is 2. The van der Waals surface area contributed by atoms with E-state index in [9.17, 15) is 4.79 Å². The van der Waals surface area contributed by atoms with Crippen LogP contribution in [0.1, 0.15) is 47.5 Å². The molecule has 2 unspecified atom stereocenters. The van der Waals surface area contributed by atoms with Gasteiger partial charge in [0.2, 0.25) is 5.91 Å². The second kappa shape index (κ2) is 6.02. The van der Waals surface area contributed by atoms with Gasteiger partial charge in [-0.25, -0.2) is 0 Å². The van der Waals surface area contributed by atoms with Crippen LogP contribution in [0.4, 0.5) is 0 Å². The van der Waals surface area contributed by atoms with Gasteiger partial charge in [0, 0.05) is 12.6 Å². The third kappa shape index (κ3) is 4.35. The molecule has 0 aliphatic rings. The van der Waals surface area contributed by atoms with Gasteiger partial charge in [0.1, 0.15) is 5.41 Å². The lowest BCUT2D eigenvalue weighted by Gasteiger charge is -2.33. The third-order valence-corrected chi connectivity index (χ3v) is 3.22. The van der Waals surface area contributed by atoms with E-state index in [2.05, 4.69) is 11.4 Å². The zero-order valence-corrected chi connectivity index (χ0v) is 11.5. The summed E-state index contributed by atoms with van der Waals surface area (Å²) in [5.74, 6) is -0.254. The minimum absolute atomic E-state index is 0.0254. The van der Waals surface area contributed by atoms with Crippen LogP contribution in [0.15, 0.2) is 0 Å². The van der Waals surface area contributed by atoms with Gasteiger partial charge in [0.05, 0.1) is 6.07 Å². The van der Waals surface area contributed by atoms with Crippen LogP contribution in [0, 0.1) is 22.2 Å². The standard InChI is InChI=1S/C13H24N2O2/c1-6-13(5,9-14)11(17)15-10(7-8-16)12(2,3)4/h10,16H,6-8H2,1-5H3,(H,15,17). The van der Waals surface area contributed by atoms with Crippen molar-refractivity contribution in [2.45, 2.75) is 53.5 Å². The zero-order chi connectivity index (χ0) is 13.7. The molecule has 0 fully saturated rings. The summed E-state index contributed by atoms with van der Waals surface area (Å²) in [4.78, 5) is 12.0. The van der Waals surface area contributed by atoms with Gasteiger partial charge in [-0.1, -0.05) is 27.7 Å². The van der Waals surface area contributed by atoms with E-state index >= 15 is 0 Å². The van der Waals surface area contributed by atoms with Gasteiger partial charge in [-0.2, -0.15) is 5.26 Å². The highest BCUT2D eigenvalue weighted by Crippen LogP contribution is 2.25. The Labute approximate surface area is 104 Å². The van der Waals surface area contributed by atoms with Crippen LogP contribution in [-0.2, 0) is 4.79 Å². The second-order valence-corrected chi connectivity index (χ2v) is 5.70. The van der Waals surface area contributed by atoms with Crippen molar-refractivity contribution < 1.29 is 9.90 Å². The molecule has 1 amide bonds. The molecule has 2 atom stereocenters. The topological polar surface area (TPSA) is 73.1 Å². The summed E-state index contributed by atoms with van der Waals surface area (Å²) >= 11 is 0. The molecule has 0 heterocycles. The first kappa shape index (κ1) is 15.9. The largest absolute Gasteiger partial charge is 0.396 e. The van der Waals surface area contributed by atoms with E-state index < -0.39 is 5.41 Å². The van der Waals surface area contributed by atoms with Gasteiger partial charge in [0.15, 0.2) is 0 Å². The lowest BCUT2D eigenvalue weighted by molar-refractivity contribution is -0.129. The molecule has 0 aliphatic carbocycles. The number of hydrogen-bond acceptors (Lipinski definition) is 3. The summed E-state index contributed by atoms with van der Waals surface area (Å²) < 4.78 is 0. The maximum absolute atomic E-state index is 12.0. The van der Waals surface area contributed by atoms with Gasteiger partial charge >= 0.3 is 0 Å². The maximum atomic E-state index is 12.0. The normalized spacial score (nSPS) is 16.8. The van der Waals surface area contributed by atoms with E-state index in [1.54, 1.807) is 6.92 Å². The van der Waals surface area contributed by atoms with Crippen molar-refractivity contribution in [3.8, 4) is 6.07 Å². The Morgan fingerprint density at radius 1 is 1.41 bits per heavy atom. The minimum Gasteiger partial charge on any atom is -0.396 e. The molecular formula is C13H24N2O2. The summed E-state index contributed by atoms with van der Waals surface area (Å²) in [6.45, 7) is 9.50. The molecule has 2 N–H and O–H groups in total. The molecule has 0 saturated carbocycles. The molecule has 0 rings (SSSR count). The van der Waals surface area contributed by atoms with E-state index in [4.69, 9.17) is 10.4 Å². The highest BCUT2D eigenvalue weighted by atomic mass is 16.3. The van der Waals surface area contributed by atoms with E-state index in [1.807, 2.05) is 27.7 Å². The quantitative estimate of drug-likeness (QED) is 0.770. The van der Waals surface area contributed by atoms with Gasteiger partial charge in [0.25, 0.3) is 0 Å². The number of nitrogens with one attached hydrogen (secondary N) is 1. The molecule has 0 aromatic heterocycles. The number of carbonyl (C=O) groups is 1. The summed E-state index contributed by atoms with van der Waals surface area (Å²) in [7, 11) is 0. The molecule has 0 aromatic rings. The van der Waals surface area contributed by atoms with Gasteiger partial charge in [-0.05, 0) is 25.2 Å². The fourth-order valence-electron chi connectivity index (χ4n) is 1.46. The molecule has 0 radical (unpaired) electrons. The molecule has 0 bridgehead atoms. The Balaban J connectivity index is 4.80. The van der Waals surface area contributed by atoms with Gasteiger partial charge in [-0.15, -0.1) is 0 Å². The summed E-state index contributed by atoms with van der Waals surface area (Å²) in [6.07, 6.45) is 0.978. The summed E-state index contributed by atoms with van der Waals surface area (Å²) in [5, 5.41) is 20.9. The SMILES string of the molecule is CCC(C)(C#N)C(=O)NC(CCO)C(C)(C)C. The van der Waals surface area contributed by atoms with Crippen LogP contribution < -0.4 is 5.32 Å². The predicted molar refractivity (Wildman–Crippen MR) is 67.1 cm³/mol. The third-order valence-electron chi connectivity index (χ3n) is 3.22. The number of aliphatic hydroxyl groups excluding tert-OH is 1. The van der Waals surface area contributed by atoms with E-state index in [0.29, 0.717) is 12.8 Å².